The van der Waals surface area contributed by atoms with Crippen LogP contribution in [0, 0.1) is 18.8 Å². The quantitative estimate of drug-likeness (QED) is 0.447. The van der Waals surface area contributed by atoms with E-state index in [-0.39, 0.29) is 5.91 Å². The molecule has 0 unspecified atom stereocenters. The van der Waals surface area contributed by atoms with Gasteiger partial charge < -0.3 is 9.32 Å². The van der Waals surface area contributed by atoms with E-state index in [4.69, 9.17) is 4.42 Å². The van der Waals surface area contributed by atoms with Gasteiger partial charge in [-0.15, -0.1) is 10.2 Å². The standard InChI is InChI=1S/C23H30N4O2S/c1-16(2)13-26(14-17(3)4)21(28)15-30-23-25-24-22(20-11-12-29-18(20)5)27(23)19-9-7-6-8-10-19/h6-12,16-17H,13-15H2,1-5H3. The highest BCUT2D eigenvalue weighted by atomic mass is 32.2. The van der Waals surface area contributed by atoms with E-state index < -0.39 is 0 Å². The lowest BCUT2D eigenvalue weighted by Crippen LogP contribution is -2.38. The number of aromatic nitrogens is 3. The zero-order valence-corrected chi connectivity index (χ0v) is 19.1. The maximum Gasteiger partial charge on any atom is 0.233 e. The molecule has 0 saturated carbocycles. The Balaban J connectivity index is 1.87. The van der Waals surface area contributed by atoms with Crippen LogP contribution in [0.25, 0.3) is 17.1 Å². The van der Waals surface area contributed by atoms with Crippen molar-refractivity contribution in [3.05, 3.63) is 48.4 Å². The van der Waals surface area contributed by atoms with E-state index in [2.05, 4.69) is 37.9 Å². The molecule has 1 amide bonds. The molecule has 0 bridgehead atoms. The van der Waals surface area contributed by atoms with E-state index >= 15 is 0 Å². The van der Waals surface area contributed by atoms with Crippen LogP contribution >= 0.6 is 11.8 Å². The summed E-state index contributed by atoms with van der Waals surface area (Å²) in [5.74, 6) is 2.82. The second-order valence-corrected chi connectivity index (χ2v) is 9.19. The molecule has 0 atom stereocenters. The van der Waals surface area contributed by atoms with Crippen LogP contribution in [0.3, 0.4) is 0 Å². The van der Waals surface area contributed by atoms with Crippen molar-refractivity contribution in [3.63, 3.8) is 0 Å². The van der Waals surface area contributed by atoms with Crippen LogP contribution < -0.4 is 0 Å². The van der Waals surface area contributed by atoms with Gasteiger partial charge in [0.1, 0.15) is 5.76 Å². The summed E-state index contributed by atoms with van der Waals surface area (Å²) in [6.07, 6.45) is 1.65. The topological polar surface area (TPSA) is 64.2 Å². The highest BCUT2D eigenvalue weighted by molar-refractivity contribution is 7.99. The largest absolute Gasteiger partial charge is 0.469 e. The van der Waals surface area contributed by atoms with Gasteiger partial charge in [-0.2, -0.15) is 0 Å². The molecule has 0 aliphatic carbocycles. The molecule has 0 spiro atoms. The highest BCUT2D eigenvalue weighted by Gasteiger charge is 2.21. The smallest absolute Gasteiger partial charge is 0.233 e. The van der Waals surface area contributed by atoms with E-state index in [1.54, 1.807) is 6.26 Å². The Kier molecular flexibility index (Phi) is 7.37. The van der Waals surface area contributed by atoms with Crippen LogP contribution in [0.4, 0.5) is 0 Å². The lowest BCUT2D eigenvalue weighted by atomic mass is 10.1. The van der Waals surface area contributed by atoms with Gasteiger partial charge >= 0.3 is 0 Å². The second-order valence-electron chi connectivity index (χ2n) is 8.24. The number of carbonyl (C=O) groups excluding carboxylic acids is 1. The number of benzene rings is 1. The Morgan fingerprint density at radius 2 is 1.73 bits per heavy atom. The van der Waals surface area contributed by atoms with Crippen LogP contribution in [-0.2, 0) is 4.79 Å². The Morgan fingerprint density at radius 3 is 2.30 bits per heavy atom. The third kappa shape index (κ3) is 5.33. The number of para-hydroxylation sites is 1. The highest BCUT2D eigenvalue weighted by Crippen LogP contribution is 2.30. The average Bonchev–Trinajstić information content (AvgIpc) is 3.31. The SMILES string of the molecule is Cc1occc1-c1nnc(SCC(=O)N(CC(C)C)CC(C)C)n1-c1ccccc1. The number of rotatable bonds is 9. The normalized spacial score (nSPS) is 11.4. The van der Waals surface area contributed by atoms with Crippen molar-refractivity contribution in [2.45, 2.75) is 39.8 Å². The number of hydrogen-bond donors (Lipinski definition) is 0. The van der Waals surface area contributed by atoms with Crippen LogP contribution in [0.15, 0.2) is 52.2 Å². The summed E-state index contributed by atoms with van der Waals surface area (Å²) in [6, 6.07) is 11.9. The average molecular weight is 427 g/mol. The Labute approximate surface area is 182 Å². The molecule has 6 nitrogen and oxygen atoms in total. The van der Waals surface area contributed by atoms with Crippen molar-refractivity contribution in [1.29, 1.82) is 0 Å². The second kappa shape index (κ2) is 9.98. The maximum atomic E-state index is 13.0. The van der Waals surface area contributed by atoms with Crippen molar-refractivity contribution in [2.75, 3.05) is 18.8 Å². The zero-order chi connectivity index (χ0) is 21.7. The van der Waals surface area contributed by atoms with E-state index in [1.165, 1.54) is 11.8 Å². The third-order valence-electron chi connectivity index (χ3n) is 4.60. The molecule has 0 radical (unpaired) electrons. The first-order valence-corrected chi connectivity index (χ1v) is 11.3. The third-order valence-corrected chi connectivity index (χ3v) is 5.51. The van der Waals surface area contributed by atoms with Gasteiger partial charge in [-0.05, 0) is 37.0 Å². The Morgan fingerprint density at radius 1 is 1.07 bits per heavy atom. The number of amides is 1. The molecule has 1 aromatic carbocycles. The summed E-state index contributed by atoms with van der Waals surface area (Å²) < 4.78 is 7.46. The van der Waals surface area contributed by atoms with Crippen molar-refractivity contribution >= 4 is 17.7 Å². The van der Waals surface area contributed by atoms with Gasteiger partial charge in [0.25, 0.3) is 0 Å². The molecule has 30 heavy (non-hydrogen) atoms. The summed E-state index contributed by atoms with van der Waals surface area (Å²) in [5.41, 5.74) is 1.85. The Bertz CT molecular complexity index is 953. The number of nitrogens with zero attached hydrogens (tertiary/aromatic N) is 4. The zero-order valence-electron chi connectivity index (χ0n) is 18.3. The molecule has 0 N–H and O–H groups in total. The molecule has 0 aliphatic rings. The van der Waals surface area contributed by atoms with Crippen LogP contribution in [0.2, 0.25) is 0 Å². The minimum atomic E-state index is 0.131. The van der Waals surface area contributed by atoms with Crippen LogP contribution in [-0.4, -0.2) is 44.4 Å². The summed E-state index contributed by atoms with van der Waals surface area (Å²) in [7, 11) is 0. The van der Waals surface area contributed by atoms with Crippen LogP contribution in [0.5, 0.6) is 0 Å². The summed E-state index contributed by atoms with van der Waals surface area (Å²) in [4.78, 5) is 14.9. The molecule has 3 rings (SSSR count). The first-order valence-electron chi connectivity index (χ1n) is 10.3. The number of furan rings is 1. The van der Waals surface area contributed by atoms with Gasteiger partial charge in [0.05, 0.1) is 17.6 Å². The lowest BCUT2D eigenvalue weighted by molar-refractivity contribution is -0.129. The maximum absolute atomic E-state index is 13.0. The molecule has 3 aromatic rings. The Hall–Kier alpha value is -2.54. The molecule has 2 heterocycles. The van der Waals surface area contributed by atoms with Gasteiger partial charge in [-0.3, -0.25) is 9.36 Å². The van der Waals surface area contributed by atoms with E-state index in [9.17, 15) is 4.79 Å². The van der Waals surface area contributed by atoms with Crippen molar-refractivity contribution < 1.29 is 9.21 Å². The molecule has 0 saturated heterocycles. The molecule has 0 aliphatic heterocycles. The van der Waals surface area contributed by atoms with E-state index in [0.29, 0.717) is 28.6 Å². The predicted octanol–water partition coefficient (Wildman–Crippen LogP) is 5.07. The minimum Gasteiger partial charge on any atom is -0.469 e. The number of aryl methyl sites for hydroxylation is 1. The molecule has 7 heteroatoms. The van der Waals surface area contributed by atoms with Crippen LogP contribution in [0.1, 0.15) is 33.5 Å². The van der Waals surface area contributed by atoms with Crippen molar-refractivity contribution in [1.82, 2.24) is 19.7 Å². The molecule has 160 valence electrons. The fraction of sp³-hybridized carbons (Fsp3) is 0.435. The van der Waals surface area contributed by atoms with E-state index in [1.807, 2.05) is 52.8 Å². The fourth-order valence-corrected chi connectivity index (χ4v) is 4.20. The van der Waals surface area contributed by atoms with Crippen molar-refractivity contribution in [2.24, 2.45) is 11.8 Å². The first kappa shape index (κ1) is 22.2. The first-order chi connectivity index (χ1) is 14.4. The number of hydrogen-bond acceptors (Lipinski definition) is 5. The summed E-state index contributed by atoms with van der Waals surface area (Å²) in [6.45, 7) is 12.0. The van der Waals surface area contributed by atoms with Crippen molar-refractivity contribution in [3.8, 4) is 17.1 Å². The summed E-state index contributed by atoms with van der Waals surface area (Å²) >= 11 is 1.42. The molecular formula is C23H30N4O2S. The van der Waals surface area contributed by atoms with Gasteiger partial charge in [0.15, 0.2) is 11.0 Å². The minimum absolute atomic E-state index is 0.131. The monoisotopic (exact) mass is 426 g/mol. The van der Waals surface area contributed by atoms with Gasteiger partial charge in [-0.1, -0.05) is 57.7 Å². The summed E-state index contributed by atoms with van der Waals surface area (Å²) in [5, 5.41) is 9.52. The van der Waals surface area contributed by atoms with Gasteiger partial charge in [-0.25, -0.2) is 0 Å². The van der Waals surface area contributed by atoms with E-state index in [0.717, 1.165) is 30.1 Å². The molecule has 0 fully saturated rings. The van der Waals surface area contributed by atoms with Gasteiger partial charge in [0, 0.05) is 18.8 Å². The number of carbonyl (C=O) groups is 1. The number of thioether (sulfide) groups is 1. The molecule has 2 aromatic heterocycles. The predicted molar refractivity (Wildman–Crippen MR) is 121 cm³/mol. The van der Waals surface area contributed by atoms with Gasteiger partial charge in [0.2, 0.25) is 5.91 Å². The lowest BCUT2D eigenvalue weighted by Gasteiger charge is -2.26. The fourth-order valence-electron chi connectivity index (χ4n) is 3.34. The molecular weight excluding hydrogens is 396 g/mol.